The number of hydrogen-bond acceptors (Lipinski definition) is 4. The van der Waals surface area contributed by atoms with Gasteiger partial charge in [-0.05, 0) is 27.8 Å². The van der Waals surface area contributed by atoms with E-state index in [9.17, 15) is 0 Å². The minimum atomic E-state index is -0.0908. The number of ether oxygens (including phenoxy) is 1. The topological polar surface area (TPSA) is 71.1 Å². The molecule has 0 fully saturated rings. The SMILES string of the molecule is CN(CCOC(C)(C)C)CCC(N)=NO. The first-order chi connectivity index (χ1) is 6.85. The summed E-state index contributed by atoms with van der Waals surface area (Å²) < 4.78 is 5.58. The van der Waals surface area contributed by atoms with Gasteiger partial charge in [0.25, 0.3) is 0 Å². The van der Waals surface area contributed by atoms with Crippen LogP contribution in [0.2, 0.25) is 0 Å². The van der Waals surface area contributed by atoms with Crippen molar-refractivity contribution in [2.75, 3.05) is 26.7 Å². The Labute approximate surface area is 91.9 Å². The molecule has 15 heavy (non-hydrogen) atoms. The van der Waals surface area contributed by atoms with E-state index in [1.807, 2.05) is 27.8 Å². The van der Waals surface area contributed by atoms with E-state index in [4.69, 9.17) is 15.7 Å². The van der Waals surface area contributed by atoms with Gasteiger partial charge in [-0.3, -0.25) is 0 Å². The summed E-state index contributed by atoms with van der Waals surface area (Å²) in [5, 5.41) is 11.3. The number of amidine groups is 1. The van der Waals surface area contributed by atoms with E-state index in [-0.39, 0.29) is 11.4 Å². The van der Waals surface area contributed by atoms with Crippen molar-refractivity contribution < 1.29 is 9.94 Å². The quantitative estimate of drug-likeness (QED) is 0.300. The fourth-order valence-electron chi connectivity index (χ4n) is 0.975. The summed E-state index contributed by atoms with van der Waals surface area (Å²) in [4.78, 5) is 2.09. The molecule has 0 saturated carbocycles. The summed E-state index contributed by atoms with van der Waals surface area (Å²) in [6.45, 7) is 8.39. The highest BCUT2D eigenvalue weighted by atomic mass is 16.5. The second-order valence-electron chi connectivity index (χ2n) is 4.61. The Morgan fingerprint density at radius 2 is 2.00 bits per heavy atom. The van der Waals surface area contributed by atoms with Crippen molar-refractivity contribution in [2.45, 2.75) is 32.8 Å². The van der Waals surface area contributed by atoms with Gasteiger partial charge in [0.05, 0.1) is 12.2 Å². The molecule has 3 N–H and O–H groups in total. The van der Waals surface area contributed by atoms with Gasteiger partial charge in [-0.25, -0.2) is 0 Å². The molecule has 0 unspecified atom stereocenters. The first-order valence-corrected chi connectivity index (χ1v) is 5.14. The normalized spacial score (nSPS) is 13.5. The van der Waals surface area contributed by atoms with Crippen LogP contribution >= 0.6 is 0 Å². The first-order valence-electron chi connectivity index (χ1n) is 5.14. The predicted molar refractivity (Wildman–Crippen MR) is 61.2 cm³/mol. The van der Waals surface area contributed by atoms with Gasteiger partial charge < -0.3 is 20.6 Å². The third-order valence-electron chi connectivity index (χ3n) is 1.89. The summed E-state index contributed by atoms with van der Waals surface area (Å²) in [5.41, 5.74) is 5.27. The minimum Gasteiger partial charge on any atom is -0.409 e. The molecule has 5 heteroatoms. The van der Waals surface area contributed by atoms with Gasteiger partial charge in [0.2, 0.25) is 0 Å². The van der Waals surface area contributed by atoms with E-state index in [1.165, 1.54) is 0 Å². The molecule has 0 aliphatic heterocycles. The third-order valence-corrected chi connectivity index (χ3v) is 1.89. The van der Waals surface area contributed by atoms with Gasteiger partial charge in [-0.15, -0.1) is 0 Å². The Balaban J connectivity index is 3.54. The van der Waals surface area contributed by atoms with Crippen molar-refractivity contribution >= 4 is 5.84 Å². The highest BCUT2D eigenvalue weighted by Crippen LogP contribution is 2.05. The van der Waals surface area contributed by atoms with Crippen molar-refractivity contribution in [2.24, 2.45) is 10.9 Å². The molecular formula is C10H23N3O2. The van der Waals surface area contributed by atoms with E-state index < -0.39 is 0 Å². The fraction of sp³-hybridized carbons (Fsp3) is 0.900. The van der Waals surface area contributed by atoms with E-state index in [1.54, 1.807) is 0 Å². The maximum absolute atomic E-state index is 8.35. The van der Waals surface area contributed by atoms with Crippen LogP contribution in [0.4, 0.5) is 0 Å². The Bertz CT molecular complexity index is 199. The summed E-state index contributed by atoms with van der Waals surface area (Å²) >= 11 is 0. The summed E-state index contributed by atoms with van der Waals surface area (Å²) in [6.07, 6.45) is 0.572. The molecule has 0 aliphatic rings. The highest BCUT2D eigenvalue weighted by Gasteiger charge is 2.10. The maximum Gasteiger partial charge on any atom is 0.140 e. The Kier molecular flexibility index (Phi) is 6.27. The van der Waals surface area contributed by atoms with Crippen LogP contribution < -0.4 is 5.73 Å². The molecular weight excluding hydrogens is 194 g/mol. The van der Waals surface area contributed by atoms with Crippen molar-refractivity contribution in [3.8, 4) is 0 Å². The molecule has 0 saturated heterocycles. The van der Waals surface area contributed by atoms with E-state index in [0.29, 0.717) is 13.0 Å². The largest absolute Gasteiger partial charge is 0.409 e. The molecule has 0 rings (SSSR count). The molecule has 0 aromatic heterocycles. The average molecular weight is 217 g/mol. The van der Waals surface area contributed by atoms with Crippen LogP contribution in [-0.4, -0.2) is 48.3 Å². The van der Waals surface area contributed by atoms with Crippen LogP contribution in [0.15, 0.2) is 5.16 Å². The smallest absolute Gasteiger partial charge is 0.140 e. The van der Waals surface area contributed by atoms with Gasteiger partial charge in [-0.2, -0.15) is 0 Å². The molecule has 90 valence electrons. The number of rotatable bonds is 6. The Hall–Kier alpha value is -0.810. The van der Waals surface area contributed by atoms with E-state index >= 15 is 0 Å². The molecule has 0 aromatic carbocycles. The third kappa shape index (κ3) is 9.49. The van der Waals surface area contributed by atoms with Crippen LogP contribution in [0.5, 0.6) is 0 Å². The number of nitrogens with zero attached hydrogens (tertiary/aromatic N) is 2. The van der Waals surface area contributed by atoms with Gasteiger partial charge in [-0.1, -0.05) is 5.16 Å². The highest BCUT2D eigenvalue weighted by molar-refractivity contribution is 5.79. The molecule has 0 radical (unpaired) electrons. The van der Waals surface area contributed by atoms with E-state index in [0.717, 1.165) is 13.1 Å². The van der Waals surface area contributed by atoms with Crippen molar-refractivity contribution in [1.82, 2.24) is 4.90 Å². The van der Waals surface area contributed by atoms with Crippen LogP contribution in [0.1, 0.15) is 27.2 Å². The van der Waals surface area contributed by atoms with Crippen molar-refractivity contribution in [3.63, 3.8) is 0 Å². The lowest BCUT2D eigenvalue weighted by molar-refractivity contribution is -0.0105. The second-order valence-corrected chi connectivity index (χ2v) is 4.61. The fourth-order valence-corrected chi connectivity index (χ4v) is 0.975. The second kappa shape index (κ2) is 6.63. The predicted octanol–water partition coefficient (Wildman–Crippen LogP) is 0.870. The molecule has 0 spiro atoms. The summed E-state index contributed by atoms with van der Waals surface area (Å²) in [5.74, 6) is 0.263. The lowest BCUT2D eigenvalue weighted by atomic mass is 10.2. The lowest BCUT2D eigenvalue weighted by Crippen LogP contribution is -2.30. The number of nitrogens with two attached hydrogens (primary N) is 1. The molecule has 0 atom stereocenters. The average Bonchev–Trinajstić information content (AvgIpc) is 2.12. The molecule has 0 aromatic rings. The summed E-state index contributed by atoms with van der Waals surface area (Å²) in [6, 6.07) is 0. The monoisotopic (exact) mass is 217 g/mol. The van der Waals surface area contributed by atoms with Crippen molar-refractivity contribution in [1.29, 1.82) is 0 Å². The van der Waals surface area contributed by atoms with Crippen molar-refractivity contribution in [3.05, 3.63) is 0 Å². The van der Waals surface area contributed by atoms with Crippen LogP contribution in [0, 0.1) is 0 Å². The zero-order chi connectivity index (χ0) is 11.9. The van der Waals surface area contributed by atoms with Crippen LogP contribution in [0.25, 0.3) is 0 Å². The first kappa shape index (κ1) is 14.2. The molecule has 0 aliphatic carbocycles. The van der Waals surface area contributed by atoms with Gasteiger partial charge >= 0.3 is 0 Å². The van der Waals surface area contributed by atoms with Gasteiger partial charge in [0.15, 0.2) is 0 Å². The Morgan fingerprint density at radius 3 is 2.47 bits per heavy atom. The summed E-state index contributed by atoms with van der Waals surface area (Å²) in [7, 11) is 1.98. The number of oxime groups is 1. The molecule has 0 heterocycles. The molecule has 5 nitrogen and oxygen atoms in total. The zero-order valence-corrected chi connectivity index (χ0v) is 10.2. The molecule has 0 bridgehead atoms. The minimum absolute atomic E-state index is 0.0908. The van der Waals surface area contributed by atoms with E-state index in [2.05, 4.69) is 10.1 Å². The van der Waals surface area contributed by atoms with Gasteiger partial charge in [0, 0.05) is 19.5 Å². The zero-order valence-electron chi connectivity index (χ0n) is 10.2. The number of likely N-dealkylation sites (N-methyl/N-ethyl adjacent to an activating group) is 1. The number of hydrogen-bond donors (Lipinski definition) is 2. The van der Waals surface area contributed by atoms with Crippen LogP contribution in [0.3, 0.4) is 0 Å². The Morgan fingerprint density at radius 1 is 1.40 bits per heavy atom. The van der Waals surface area contributed by atoms with Crippen LogP contribution in [-0.2, 0) is 4.74 Å². The molecule has 0 amide bonds. The standard InChI is InChI=1S/C10H23N3O2/c1-10(2,3)15-8-7-13(4)6-5-9(11)12-14/h14H,5-8H2,1-4H3,(H2,11,12). The maximum atomic E-state index is 8.35. The lowest BCUT2D eigenvalue weighted by Gasteiger charge is -2.22. The van der Waals surface area contributed by atoms with Gasteiger partial charge in [0.1, 0.15) is 5.84 Å².